The van der Waals surface area contributed by atoms with Crippen molar-refractivity contribution in [3.05, 3.63) is 38.9 Å². The Kier molecular flexibility index (Phi) is 3.92. The fraction of sp³-hybridized carbons (Fsp3) is 0.333. The number of rotatable bonds is 3. The Hall–Kier alpha value is -2.61. The number of nitrogens with zero attached hydrogens (tertiary/aromatic N) is 4. The summed E-state index contributed by atoms with van der Waals surface area (Å²) < 4.78 is 6.14. The third kappa shape index (κ3) is 2.48. The van der Waals surface area contributed by atoms with Gasteiger partial charge in [-0.25, -0.2) is 4.98 Å². The number of methoxy groups -OCH3 is 1. The van der Waals surface area contributed by atoms with E-state index in [-0.39, 0.29) is 35.5 Å². The summed E-state index contributed by atoms with van der Waals surface area (Å²) >= 11 is 6.00. The van der Waals surface area contributed by atoms with Crippen LogP contribution in [0.5, 0.6) is 5.75 Å². The van der Waals surface area contributed by atoms with Crippen molar-refractivity contribution in [2.45, 2.75) is 20.4 Å². The molecule has 0 bridgehead atoms. The van der Waals surface area contributed by atoms with Crippen molar-refractivity contribution in [3.8, 4) is 5.75 Å². The third-order valence-electron chi connectivity index (χ3n) is 4.03. The average Bonchev–Trinajstić information content (AvgIpc) is 2.79. The van der Waals surface area contributed by atoms with E-state index in [1.807, 2.05) is 0 Å². The second kappa shape index (κ2) is 5.79. The number of fused-ring (bicyclic) bond motifs is 1. The fourth-order valence-corrected chi connectivity index (χ4v) is 3.23. The summed E-state index contributed by atoms with van der Waals surface area (Å²) in [5, 5.41) is 12.3. The van der Waals surface area contributed by atoms with Gasteiger partial charge in [-0.2, -0.15) is 9.71 Å². The summed E-state index contributed by atoms with van der Waals surface area (Å²) in [5.74, 6) is 0.760. The van der Waals surface area contributed by atoms with Crippen LogP contribution in [0.25, 0.3) is 0 Å². The Morgan fingerprint density at radius 3 is 2.83 bits per heavy atom. The largest absolute Gasteiger partial charge is 0.618 e. The first-order valence-electron chi connectivity index (χ1n) is 7.20. The number of carbonyl (C=O) groups excluding carboxylic acids is 1. The monoisotopic (exact) mass is 349 g/mol. The Balaban J connectivity index is 2.05. The second-order valence-electron chi connectivity index (χ2n) is 5.59. The number of Topliss-reactive ketones (excluding diaryl/α,β-unsaturated/α-hetero) is 1. The molecule has 3 rings (SSSR count). The van der Waals surface area contributed by atoms with Crippen LogP contribution < -0.4 is 20.1 Å². The molecule has 0 atom stereocenters. The standard InChI is InChI=1S/C15H16ClN5O3/c1-7-4-21(23)9(8(2)12(7)24-3)5-20-6-10(22)11-13(16)18-15(17)19-14(11)20/h4H,5-6H2,1-3H3,(H2,17,18,19). The maximum absolute atomic E-state index is 12.3. The van der Waals surface area contributed by atoms with Gasteiger partial charge in [0.15, 0.2) is 12.0 Å². The van der Waals surface area contributed by atoms with Gasteiger partial charge in [-0.1, -0.05) is 11.6 Å². The first kappa shape index (κ1) is 16.3. The minimum Gasteiger partial charge on any atom is -0.618 e. The predicted molar refractivity (Wildman–Crippen MR) is 88.3 cm³/mol. The van der Waals surface area contributed by atoms with E-state index in [1.54, 1.807) is 25.9 Å². The molecule has 0 amide bonds. The lowest BCUT2D eigenvalue weighted by Gasteiger charge is -2.19. The van der Waals surface area contributed by atoms with E-state index in [9.17, 15) is 10.0 Å². The summed E-state index contributed by atoms with van der Waals surface area (Å²) in [6, 6.07) is 0. The molecule has 2 N–H and O–H groups in total. The molecule has 0 radical (unpaired) electrons. The number of pyridine rings is 1. The Morgan fingerprint density at radius 2 is 2.17 bits per heavy atom. The van der Waals surface area contributed by atoms with Crippen LogP contribution in [0, 0.1) is 19.1 Å². The van der Waals surface area contributed by atoms with Crippen molar-refractivity contribution < 1.29 is 14.3 Å². The van der Waals surface area contributed by atoms with Crippen molar-refractivity contribution >= 4 is 29.2 Å². The van der Waals surface area contributed by atoms with Gasteiger partial charge in [-0.05, 0) is 13.8 Å². The van der Waals surface area contributed by atoms with E-state index in [0.717, 1.165) is 10.3 Å². The minimum atomic E-state index is -0.204. The van der Waals surface area contributed by atoms with Gasteiger partial charge in [-0.15, -0.1) is 0 Å². The molecule has 0 saturated carbocycles. The fourth-order valence-electron chi connectivity index (χ4n) is 2.95. The topological polar surface area (TPSA) is 108 Å². The number of nitrogen functional groups attached to an aromatic ring is 1. The van der Waals surface area contributed by atoms with Crippen LogP contribution in [0.4, 0.5) is 11.8 Å². The molecule has 0 aromatic carbocycles. The van der Waals surface area contributed by atoms with Crippen LogP contribution in [0.3, 0.4) is 0 Å². The summed E-state index contributed by atoms with van der Waals surface area (Å²) in [5.41, 5.74) is 7.77. The van der Waals surface area contributed by atoms with Crippen LogP contribution in [-0.2, 0) is 6.54 Å². The molecule has 0 spiro atoms. The van der Waals surface area contributed by atoms with Crippen LogP contribution >= 0.6 is 11.6 Å². The van der Waals surface area contributed by atoms with Gasteiger partial charge < -0.3 is 20.6 Å². The van der Waals surface area contributed by atoms with Gasteiger partial charge in [0.25, 0.3) is 0 Å². The molecular formula is C15H16ClN5O3. The normalized spacial score (nSPS) is 13.3. The number of ether oxygens (including phenoxy) is 1. The maximum Gasteiger partial charge on any atom is 0.223 e. The molecular weight excluding hydrogens is 334 g/mol. The van der Waals surface area contributed by atoms with E-state index < -0.39 is 0 Å². The first-order valence-corrected chi connectivity index (χ1v) is 7.58. The van der Waals surface area contributed by atoms with Crippen LogP contribution in [0.1, 0.15) is 27.2 Å². The van der Waals surface area contributed by atoms with Crippen molar-refractivity contribution in [2.75, 3.05) is 24.3 Å². The molecule has 0 fully saturated rings. The maximum atomic E-state index is 12.3. The SMILES string of the molecule is COc1c(C)c[n+]([O-])c(CN2CC(=O)c3c(Cl)nc(N)nc32)c1C. The predicted octanol–water partition coefficient (Wildman–Crippen LogP) is 1.17. The lowest BCUT2D eigenvalue weighted by molar-refractivity contribution is -0.614. The van der Waals surface area contributed by atoms with Crippen molar-refractivity contribution in [3.63, 3.8) is 0 Å². The molecule has 0 unspecified atom stereocenters. The van der Waals surface area contributed by atoms with Gasteiger partial charge >= 0.3 is 0 Å². The van der Waals surface area contributed by atoms with Crippen LogP contribution in [0.15, 0.2) is 6.20 Å². The van der Waals surface area contributed by atoms with E-state index >= 15 is 0 Å². The van der Waals surface area contributed by atoms with Crippen LogP contribution in [-0.4, -0.2) is 29.4 Å². The molecule has 0 saturated heterocycles. The van der Waals surface area contributed by atoms with E-state index in [0.29, 0.717) is 22.8 Å². The number of halogens is 1. The number of aryl methyl sites for hydroxylation is 1. The number of hydrogen-bond donors (Lipinski definition) is 1. The molecule has 24 heavy (non-hydrogen) atoms. The van der Waals surface area contributed by atoms with Gasteiger partial charge in [0.1, 0.15) is 23.3 Å². The number of nitrogens with two attached hydrogens (primary N) is 1. The van der Waals surface area contributed by atoms with Gasteiger partial charge in [-0.3, -0.25) is 4.79 Å². The first-order chi connectivity index (χ1) is 11.3. The molecule has 8 nitrogen and oxygen atoms in total. The summed E-state index contributed by atoms with van der Waals surface area (Å²) in [6.45, 7) is 3.84. The highest BCUT2D eigenvalue weighted by Gasteiger charge is 2.34. The number of ketones is 1. The summed E-state index contributed by atoms with van der Waals surface area (Å²) in [6.07, 6.45) is 1.45. The minimum absolute atomic E-state index is 0.0216. The Morgan fingerprint density at radius 1 is 1.46 bits per heavy atom. The summed E-state index contributed by atoms with van der Waals surface area (Å²) in [7, 11) is 1.55. The van der Waals surface area contributed by atoms with Gasteiger partial charge in [0.05, 0.1) is 30.3 Å². The average molecular weight is 350 g/mol. The molecule has 2 aromatic heterocycles. The molecule has 126 valence electrons. The Bertz CT molecular complexity index is 856. The number of anilines is 2. The highest BCUT2D eigenvalue weighted by atomic mass is 35.5. The van der Waals surface area contributed by atoms with Crippen molar-refractivity contribution in [1.29, 1.82) is 0 Å². The van der Waals surface area contributed by atoms with Crippen molar-refractivity contribution in [1.82, 2.24) is 9.97 Å². The molecule has 2 aromatic rings. The van der Waals surface area contributed by atoms with Crippen LogP contribution in [0.2, 0.25) is 5.15 Å². The Labute approximate surface area is 143 Å². The number of hydrogen-bond acceptors (Lipinski definition) is 7. The lowest BCUT2D eigenvalue weighted by atomic mass is 10.1. The molecule has 3 heterocycles. The lowest BCUT2D eigenvalue weighted by Crippen LogP contribution is -2.38. The number of carbonyl (C=O) groups is 1. The zero-order chi connectivity index (χ0) is 17.6. The van der Waals surface area contributed by atoms with Crippen molar-refractivity contribution in [2.24, 2.45) is 0 Å². The quantitative estimate of drug-likeness (QED) is 0.503. The van der Waals surface area contributed by atoms with Gasteiger partial charge in [0, 0.05) is 0 Å². The zero-order valence-electron chi connectivity index (χ0n) is 13.5. The van der Waals surface area contributed by atoms with Gasteiger partial charge in [0.2, 0.25) is 11.6 Å². The van der Waals surface area contributed by atoms with E-state index in [1.165, 1.54) is 6.20 Å². The zero-order valence-corrected chi connectivity index (χ0v) is 14.2. The third-order valence-corrected chi connectivity index (χ3v) is 4.30. The smallest absolute Gasteiger partial charge is 0.223 e. The van der Waals surface area contributed by atoms with E-state index in [2.05, 4.69) is 9.97 Å². The molecule has 1 aliphatic heterocycles. The highest BCUT2D eigenvalue weighted by molar-refractivity contribution is 6.34. The molecule has 9 heteroatoms. The highest BCUT2D eigenvalue weighted by Crippen LogP contribution is 2.33. The second-order valence-corrected chi connectivity index (χ2v) is 5.95. The molecule has 0 aliphatic carbocycles. The molecule has 1 aliphatic rings. The van der Waals surface area contributed by atoms with E-state index in [4.69, 9.17) is 22.1 Å². The number of aromatic nitrogens is 3. The summed E-state index contributed by atoms with van der Waals surface area (Å²) in [4.78, 5) is 21.8.